The van der Waals surface area contributed by atoms with Gasteiger partial charge >= 0.3 is 0 Å². The number of fused-ring (bicyclic) bond motifs is 1. The third-order valence-corrected chi connectivity index (χ3v) is 5.54. The molecule has 0 bridgehead atoms. The van der Waals surface area contributed by atoms with E-state index in [0.29, 0.717) is 0 Å². The number of hydrogen-bond acceptors (Lipinski definition) is 6. The third kappa shape index (κ3) is 3.65. The van der Waals surface area contributed by atoms with Gasteiger partial charge in [0.1, 0.15) is 5.65 Å². The predicted octanol–water partition coefficient (Wildman–Crippen LogP) is 3.18. The quantitative estimate of drug-likeness (QED) is 0.567. The smallest absolute Gasteiger partial charge is 0.220 e. The number of pyridine rings is 1. The topological polar surface area (TPSA) is 81.6 Å². The summed E-state index contributed by atoms with van der Waals surface area (Å²) < 4.78 is 7.50. The fourth-order valence-electron chi connectivity index (χ4n) is 3.86. The molecule has 0 spiro atoms. The summed E-state index contributed by atoms with van der Waals surface area (Å²) in [5.41, 5.74) is 13.0. The molecule has 2 N–H and O–H groups in total. The summed E-state index contributed by atoms with van der Waals surface area (Å²) in [5.74, 6) is 0.262. The molecule has 152 valence electrons. The van der Waals surface area contributed by atoms with Crippen LogP contribution in [0.3, 0.4) is 0 Å². The second kappa shape index (κ2) is 7.85. The normalized spacial score (nSPS) is 15.0. The van der Waals surface area contributed by atoms with Gasteiger partial charge in [-0.3, -0.25) is 9.30 Å². The number of nitrogens with zero attached hydrogens (tertiary/aromatic N) is 5. The molecule has 3 aromatic heterocycles. The number of nitrogen functional groups attached to an aromatic ring is 1. The highest BCUT2D eigenvalue weighted by atomic mass is 16.5. The van der Waals surface area contributed by atoms with E-state index >= 15 is 0 Å². The van der Waals surface area contributed by atoms with Gasteiger partial charge in [0.2, 0.25) is 5.95 Å². The van der Waals surface area contributed by atoms with Crippen LogP contribution in [-0.2, 0) is 11.3 Å². The number of imidazole rings is 1. The number of nitrogens with two attached hydrogens (primary N) is 1. The van der Waals surface area contributed by atoms with E-state index in [1.807, 2.05) is 19.2 Å². The molecule has 1 aromatic carbocycles. The maximum absolute atomic E-state index is 5.82. The molecular formula is C23H24N6O. The van der Waals surface area contributed by atoms with E-state index in [-0.39, 0.29) is 5.95 Å². The van der Waals surface area contributed by atoms with Gasteiger partial charge in [0.15, 0.2) is 0 Å². The van der Waals surface area contributed by atoms with Crippen molar-refractivity contribution in [2.75, 3.05) is 32.0 Å². The minimum absolute atomic E-state index is 0.262. The minimum Gasteiger partial charge on any atom is -0.379 e. The molecular weight excluding hydrogens is 376 g/mol. The molecule has 0 aliphatic carbocycles. The number of benzene rings is 1. The second-order valence-corrected chi connectivity index (χ2v) is 7.63. The molecule has 1 saturated heterocycles. The number of hydrogen-bond donors (Lipinski definition) is 1. The Morgan fingerprint density at radius 1 is 0.967 bits per heavy atom. The van der Waals surface area contributed by atoms with E-state index in [1.54, 1.807) is 6.20 Å². The molecule has 4 aromatic rings. The standard InChI is InChI=1S/C23H24N6O/c1-16-12-26-23(24)27-22(16)20-13-25-21-7-6-19(15-29(20)21)18-4-2-17(3-5-18)14-28-8-10-30-11-9-28/h2-7,12-13,15H,8-11,14H2,1H3,(H2,24,26,27). The second-order valence-electron chi connectivity index (χ2n) is 7.63. The average Bonchev–Trinajstić information content (AvgIpc) is 3.20. The van der Waals surface area contributed by atoms with Crippen LogP contribution in [0.2, 0.25) is 0 Å². The Hall–Kier alpha value is -3.29. The Kier molecular flexibility index (Phi) is 4.90. The highest BCUT2D eigenvalue weighted by Crippen LogP contribution is 2.26. The van der Waals surface area contributed by atoms with Crippen LogP contribution in [0.25, 0.3) is 28.2 Å². The van der Waals surface area contributed by atoms with Crippen LogP contribution < -0.4 is 5.73 Å². The van der Waals surface area contributed by atoms with Gasteiger partial charge in [-0.25, -0.2) is 15.0 Å². The number of anilines is 1. The van der Waals surface area contributed by atoms with E-state index in [1.165, 1.54) is 11.1 Å². The van der Waals surface area contributed by atoms with Gasteiger partial charge < -0.3 is 10.5 Å². The molecule has 7 heteroatoms. The lowest BCUT2D eigenvalue weighted by Crippen LogP contribution is -2.35. The maximum Gasteiger partial charge on any atom is 0.220 e. The molecule has 0 radical (unpaired) electrons. The lowest BCUT2D eigenvalue weighted by atomic mass is 10.1. The first kappa shape index (κ1) is 18.7. The van der Waals surface area contributed by atoms with Gasteiger partial charge in [0, 0.05) is 32.0 Å². The summed E-state index contributed by atoms with van der Waals surface area (Å²) in [7, 11) is 0. The molecule has 0 atom stereocenters. The molecule has 30 heavy (non-hydrogen) atoms. The molecule has 4 heterocycles. The number of ether oxygens (including phenoxy) is 1. The van der Waals surface area contributed by atoms with Gasteiger partial charge in [-0.2, -0.15) is 0 Å². The lowest BCUT2D eigenvalue weighted by Gasteiger charge is -2.26. The summed E-state index contributed by atoms with van der Waals surface area (Å²) in [6.07, 6.45) is 5.68. The van der Waals surface area contributed by atoms with Crippen molar-refractivity contribution >= 4 is 11.6 Å². The average molecular weight is 400 g/mol. The summed E-state index contributed by atoms with van der Waals surface area (Å²) in [5, 5.41) is 0. The fourth-order valence-corrected chi connectivity index (χ4v) is 3.86. The molecule has 1 aliphatic heterocycles. The van der Waals surface area contributed by atoms with E-state index in [0.717, 1.165) is 61.0 Å². The van der Waals surface area contributed by atoms with Crippen LogP contribution in [-0.4, -0.2) is 50.6 Å². The van der Waals surface area contributed by atoms with Crippen LogP contribution >= 0.6 is 0 Å². The first-order valence-electron chi connectivity index (χ1n) is 10.1. The van der Waals surface area contributed by atoms with Crippen molar-refractivity contribution in [2.24, 2.45) is 0 Å². The first-order valence-corrected chi connectivity index (χ1v) is 10.1. The summed E-state index contributed by atoms with van der Waals surface area (Å²) in [4.78, 5) is 15.5. The van der Waals surface area contributed by atoms with Crippen LogP contribution in [0.5, 0.6) is 0 Å². The van der Waals surface area contributed by atoms with Crippen molar-refractivity contribution in [3.63, 3.8) is 0 Å². The first-order chi connectivity index (χ1) is 14.7. The van der Waals surface area contributed by atoms with Crippen molar-refractivity contribution in [3.8, 4) is 22.5 Å². The number of morpholine rings is 1. The molecule has 1 aliphatic rings. The van der Waals surface area contributed by atoms with E-state index in [4.69, 9.17) is 10.5 Å². The Balaban J connectivity index is 1.45. The van der Waals surface area contributed by atoms with Crippen LogP contribution in [0.15, 0.2) is 55.0 Å². The maximum atomic E-state index is 5.82. The van der Waals surface area contributed by atoms with Gasteiger partial charge in [0.25, 0.3) is 0 Å². The summed E-state index contributed by atoms with van der Waals surface area (Å²) in [6.45, 7) is 6.57. The zero-order valence-electron chi connectivity index (χ0n) is 17.0. The van der Waals surface area contributed by atoms with E-state index < -0.39 is 0 Å². The van der Waals surface area contributed by atoms with Gasteiger partial charge in [0.05, 0.1) is 30.8 Å². The zero-order valence-corrected chi connectivity index (χ0v) is 17.0. The molecule has 0 amide bonds. The fraction of sp³-hybridized carbons (Fsp3) is 0.261. The predicted molar refractivity (Wildman–Crippen MR) is 117 cm³/mol. The zero-order chi connectivity index (χ0) is 20.5. The Morgan fingerprint density at radius 3 is 2.53 bits per heavy atom. The van der Waals surface area contributed by atoms with Gasteiger partial charge in [-0.15, -0.1) is 0 Å². The lowest BCUT2D eigenvalue weighted by molar-refractivity contribution is 0.0342. The Morgan fingerprint density at radius 2 is 1.73 bits per heavy atom. The number of aromatic nitrogens is 4. The van der Waals surface area contributed by atoms with E-state index in [9.17, 15) is 0 Å². The van der Waals surface area contributed by atoms with Crippen LogP contribution in [0.4, 0.5) is 5.95 Å². The third-order valence-electron chi connectivity index (χ3n) is 5.54. The van der Waals surface area contributed by atoms with Crippen molar-refractivity contribution in [3.05, 3.63) is 66.1 Å². The van der Waals surface area contributed by atoms with E-state index in [2.05, 4.69) is 60.8 Å². The highest BCUT2D eigenvalue weighted by Gasteiger charge is 2.13. The Labute approximate surface area is 175 Å². The molecule has 0 unspecified atom stereocenters. The molecule has 5 rings (SSSR count). The largest absolute Gasteiger partial charge is 0.379 e. The van der Waals surface area contributed by atoms with Gasteiger partial charge in [-0.1, -0.05) is 24.3 Å². The SMILES string of the molecule is Cc1cnc(N)nc1-c1cnc2ccc(-c3ccc(CN4CCOCC4)cc3)cn12. The van der Waals surface area contributed by atoms with Gasteiger partial charge in [-0.05, 0) is 41.3 Å². The molecule has 7 nitrogen and oxygen atoms in total. The highest BCUT2D eigenvalue weighted by molar-refractivity contribution is 5.69. The summed E-state index contributed by atoms with van der Waals surface area (Å²) in [6, 6.07) is 12.9. The van der Waals surface area contributed by atoms with Crippen LogP contribution in [0, 0.1) is 6.92 Å². The van der Waals surface area contributed by atoms with Crippen molar-refractivity contribution < 1.29 is 4.74 Å². The van der Waals surface area contributed by atoms with Crippen molar-refractivity contribution in [1.29, 1.82) is 0 Å². The van der Waals surface area contributed by atoms with Crippen molar-refractivity contribution in [2.45, 2.75) is 13.5 Å². The number of aryl methyl sites for hydroxylation is 1. The molecule has 1 fully saturated rings. The van der Waals surface area contributed by atoms with Crippen molar-refractivity contribution in [1.82, 2.24) is 24.3 Å². The minimum atomic E-state index is 0.262. The number of rotatable bonds is 4. The monoisotopic (exact) mass is 400 g/mol. The molecule has 0 saturated carbocycles. The Bertz CT molecular complexity index is 1180. The van der Waals surface area contributed by atoms with Crippen LogP contribution in [0.1, 0.15) is 11.1 Å². The summed E-state index contributed by atoms with van der Waals surface area (Å²) >= 11 is 0.